The second-order valence-electron chi connectivity index (χ2n) is 4.68. The van der Waals surface area contributed by atoms with Gasteiger partial charge in [-0.25, -0.2) is 0 Å². The fourth-order valence-corrected chi connectivity index (χ4v) is 3.48. The van der Waals surface area contributed by atoms with Crippen molar-refractivity contribution in [1.82, 2.24) is 13.3 Å². The Morgan fingerprint density at radius 1 is 1.70 bits per heavy atom. The number of rotatable bonds is 5. The van der Waals surface area contributed by atoms with Crippen LogP contribution in [0.5, 0.6) is 5.88 Å². The van der Waals surface area contributed by atoms with E-state index in [9.17, 15) is 5.21 Å². The molecule has 1 fully saturated rings. The van der Waals surface area contributed by atoms with Gasteiger partial charge in [0.05, 0.1) is 0 Å². The van der Waals surface area contributed by atoms with Gasteiger partial charge in [0.1, 0.15) is 0 Å². The fraction of sp³-hybridized carbons (Fsp3) is 0.583. The first-order valence-corrected chi connectivity index (χ1v) is 8.30. The Kier molecular flexibility index (Phi) is 5.93. The Morgan fingerprint density at radius 3 is 3.20 bits per heavy atom. The quantitative estimate of drug-likeness (QED) is 0.335. The van der Waals surface area contributed by atoms with Crippen molar-refractivity contribution in [2.24, 2.45) is 0 Å². The van der Waals surface area contributed by atoms with Crippen LogP contribution in [0.15, 0.2) is 12.3 Å². The van der Waals surface area contributed by atoms with Crippen LogP contribution >= 0.6 is 0 Å². The Labute approximate surface area is 128 Å². The molecule has 1 aliphatic rings. The third-order valence-electron chi connectivity index (χ3n) is 2.86. The molecule has 1 aromatic rings. The van der Waals surface area contributed by atoms with Crippen molar-refractivity contribution in [3.05, 3.63) is 26.6 Å². The zero-order chi connectivity index (χ0) is 14.5. The Morgan fingerprint density at radius 2 is 2.50 bits per heavy atom. The predicted molar refractivity (Wildman–Crippen MR) is 67.4 cm³/mol. The van der Waals surface area contributed by atoms with Crippen molar-refractivity contribution < 1.29 is 36.2 Å². The number of halogens is 1. The fourth-order valence-electron chi connectivity index (χ4n) is 1.91. The van der Waals surface area contributed by atoms with Gasteiger partial charge in [0, 0.05) is 0 Å². The average Bonchev–Trinajstić information content (AvgIpc) is 2.37. The van der Waals surface area contributed by atoms with Crippen LogP contribution in [-0.4, -0.2) is 58.0 Å². The summed E-state index contributed by atoms with van der Waals surface area (Å²) in [5.74, 6) is 0.412. The first-order valence-electron chi connectivity index (χ1n) is 6.25. The van der Waals surface area contributed by atoms with E-state index in [-0.39, 0.29) is 9.54 Å². The van der Waals surface area contributed by atoms with E-state index in [0.29, 0.717) is 22.7 Å². The molecular formula is C12H18IN3O4-2. The second kappa shape index (κ2) is 7.48. The van der Waals surface area contributed by atoms with Gasteiger partial charge in [-0.2, -0.15) is 0 Å². The molecule has 8 heteroatoms. The van der Waals surface area contributed by atoms with Crippen molar-refractivity contribution in [3.63, 3.8) is 0 Å². The second-order valence-corrected chi connectivity index (χ2v) is 7.15. The molecule has 0 saturated carbocycles. The molecule has 0 radical (unpaired) electrons. The summed E-state index contributed by atoms with van der Waals surface area (Å²) < 4.78 is 11.9. The molecule has 0 aromatic carbocycles. The monoisotopic (exact) mass is 395 g/mol. The van der Waals surface area contributed by atoms with Crippen LogP contribution in [0, 0.1) is 15.7 Å². The molecule has 1 unspecified atom stereocenters. The zero-order valence-electron chi connectivity index (χ0n) is 11.5. The molecule has 114 valence electrons. The van der Waals surface area contributed by atoms with Crippen LogP contribution in [0.25, 0.3) is 0 Å². The van der Waals surface area contributed by atoms with Gasteiger partial charge in [0.2, 0.25) is 0 Å². The molecule has 1 saturated heterocycles. The first-order chi connectivity index (χ1) is 9.54. The van der Waals surface area contributed by atoms with Crippen LogP contribution in [0.2, 0.25) is 0 Å². The number of nitrogens with zero attached hydrogens (tertiary/aromatic N) is 3. The van der Waals surface area contributed by atoms with E-state index < -0.39 is 21.5 Å². The summed E-state index contributed by atoms with van der Waals surface area (Å²) in [6, 6.07) is 1.82. The van der Waals surface area contributed by atoms with Crippen molar-refractivity contribution >= 4 is 0 Å². The maximum absolute atomic E-state index is 10.8. The predicted octanol–water partition coefficient (Wildman–Crippen LogP) is -2.54. The summed E-state index contributed by atoms with van der Waals surface area (Å²) in [7, 11) is 2.04. The number of likely N-dealkylation sites (N-methyl/N-ethyl adjacent to an activating group) is 1. The van der Waals surface area contributed by atoms with Gasteiger partial charge in [-0.3, -0.25) is 0 Å². The van der Waals surface area contributed by atoms with E-state index in [1.165, 1.54) is 0 Å². The molecule has 20 heavy (non-hydrogen) atoms. The van der Waals surface area contributed by atoms with Gasteiger partial charge in [0.15, 0.2) is 0 Å². The zero-order valence-corrected chi connectivity index (χ0v) is 13.6. The van der Waals surface area contributed by atoms with E-state index in [4.69, 9.17) is 14.7 Å². The van der Waals surface area contributed by atoms with Crippen molar-refractivity contribution in [2.75, 3.05) is 33.4 Å². The first kappa shape index (κ1) is 15.9. The van der Waals surface area contributed by atoms with Crippen LogP contribution in [0.3, 0.4) is 0 Å². The van der Waals surface area contributed by atoms with E-state index in [1.54, 1.807) is 6.20 Å². The van der Waals surface area contributed by atoms with Crippen LogP contribution in [0.1, 0.15) is 5.56 Å². The third-order valence-corrected chi connectivity index (χ3v) is 4.56. The Bertz CT molecular complexity index is 447. The number of hydrogen-bond acceptors (Lipinski definition) is 7. The van der Waals surface area contributed by atoms with E-state index >= 15 is 0 Å². The van der Waals surface area contributed by atoms with Gasteiger partial charge >= 0.3 is 128 Å². The average molecular weight is 395 g/mol. The molecule has 0 aliphatic carbocycles. The summed E-state index contributed by atoms with van der Waals surface area (Å²) in [6.07, 6.45) is 1.68. The molecule has 1 aliphatic heterocycles. The number of hydrogen-bond donors (Lipinski definition) is 1. The van der Waals surface area contributed by atoms with Crippen LogP contribution < -0.4 is 26.2 Å². The van der Waals surface area contributed by atoms with Crippen molar-refractivity contribution in [2.45, 2.75) is 13.0 Å². The number of ether oxygens (including phenoxy) is 2. The summed E-state index contributed by atoms with van der Waals surface area (Å²) >= 11 is -1.22. The SMILES string of the molecule is Cc1cnc(OCC2CN(C)CCO2)c([I-]N([O-])O)c1. The minimum atomic E-state index is -1.22. The number of aryl methyl sites for hydroxylation is 1. The Balaban J connectivity index is 1.97. The summed E-state index contributed by atoms with van der Waals surface area (Å²) in [5, 5.41) is 19.7. The topological polar surface area (TPSA) is 81.1 Å². The number of pyridine rings is 1. The normalized spacial score (nSPS) is 20.6. The van der Waals surface area contributed by atoms with Crippen LogP contribution in [0.4, 0.5) is 0 Å². The van der Waals surface area contributed by atoms with E-state index in [1.807, 2.05) is 20.0 Å². The van der Waals surface area contributed by atoms with Gasteiger partial charge < -0.3 is 0 Å². The van der Waals surface area contributed by atoms with Crippen molar-refractivity contribution in [3.8, 4) is 5.88 Å². The number of morpholine rings is 1. The van der Waals surface area contributed by atoms with Crippen molar-refractivity contribution in [1.29, 1.82) is 0 Å². The van der Waals surface area contributed by atoms with E-state index in [0.717, 1.165) is 18.7 Å². The van der Waals surface area contributed by atoms with E-state index in [2.05, 4.69) is 9.88 Å². The van der Waals surface area contributed by atoms with Gasteiger partial charge in [-0.05, 0) is 0 Å². The molecular weight excluding hydrogens is 377 g/mol. The summed E-state index contributed by atoms with van der Waals surface area (Å²) in [5.41, 5.74) is 0.933. The molecule has 2 rings (SSSR count). The standard InChI is InChI=1S/C12H18IN3O4/c1-9-5-11(13-16(17)18)12(14-6-9)20-8-10-7-15(2)3-4-19-10/h5-6,10,17H,3-4,7-8H2,1-2H3/q-2. The summed E-state index contributed by atoms with van der Waals surface area (Å²) in [6.45, 7) is 4.70. The van der Waals surface area contributed by atoms with Gasteiger partial charge in [-0.1, -0.05) is 0 Å². The molecule has 0 bridgehead atoms. The minimum absolute atomic E-state index is 0.000356. The van der Waals surface area contributed by atoms with Gasteiger partial charge in [-0.15, -0.1) is 0 Å². The molecule has 1 aromatic heterocycles. The molecule has 1 N–H and O–H groups in total. The molecule has 0 amide bonds. The Hall–Kier alpha value is -0.520. The van der Waals surface area contributed by atoms with Gasteiger partial charge in [0.25, 0.3) is 0 Å². The molecule has 7 nitrogen and oxygen atoms in total. The molecule has 1 atom stereocenters. The van der Waals surface area contributed by atoms with Crippen LogP contribution in [-0.2, 0) is 4.74 Å². The molecule has 2 heterocycles. The summed E-state index contributed by atoms with van der Waals surface area (Å²) in [4.78, 5) is 6.38. The molecule has 0 spiro atoms. The maximum atomic E-state index is 10.8. The number of aromatic nitrogens is 1. The third kappa shape index (κ3) is 4.79.